The lowest BCUT2D eigenvalue weighted by molar-refractivity contribution is -0.140. The molecule has 164 valence electrons. The lowest BCUT2D eigenvalue weighted by atomic mass is 9.98. The van der Waals surface area contributed by atoms with Crippen molar-refractivity contribution in [1.82, 2.24) is 9.78 Å². The number of sulfone groups is 1. The van der Waals surface area contributed by atoms with Crippen LogP contribution < -0.4 is 0 Å². The molecule has 0 spiro atoms. The first-order valence-corrected chi connectivity index (χ1v) is 11.3. The minimum Gasteiger partial charge on any atom is -0.232 e. The zero-order valence-corrected chi connectivity index (χ0v) is 17.5. The molecule has 0 N–H and O–H groups in total. The van der Waals surface area contributed by atoms with Crippen molar-refractivity contribution >= 4 is 9.84 Å². The van der Waals surface area contributed by atoms with E-state index in [9.17, 15) is 26.0 Å². The van der Waals surface area contributed by atoms with Gasteiger partial charge in [-0.25, -0.2) is 17.5 Å². The fourth-order valence-electron chi connectivity index (χ4n) is 3.50. The number of para-hydroxylation sites is 1. The van der Waals surface area contributed by atoms with E-state index in [4.69, 9.17) is 0 Å². The van der Waals surface area contributed by atoms with Crippen LogP contribution in [0.25, 0.3) is 28.1 Å². The quantitative estimate of drug-likeness (QED) is 0.364. The topological polar surface area (TPSA) is 52.0 Å². The van der Waals surface area contributed by atoms with E-state index >= 15 is 0 Å². The summed E-state index contributed by atoms with van der Waals surface area (Å²) in [7, 11) is -3.79. The highest BCUT2D eigenvalue weighted by Gasteiger charge is 2.40. The Balaban J connectivity index is 2.19. The summed E-state index contributed by atoms with van der Waals surface area (Å²) >= 11 is 0. The second-order valence-electron chi connectivity index (χ2n) is 7.09. The van der Waals surface area contributed by atoms with Gasteiger partial charge in [0.1, 0.15) is 5.82 Å². The molecular weight excluding hydrogens is 444 g/mol. The first-order chi connectivity index (χ1) is 15.1. The van der Waals surface area contributed by atoms with Gasteiger partial charge in [-0.2, -0.15) is 18.3 Å². The van der Waals surface area contributed by atoms with Gasteiger partial charge in [0.25, 0.3) is 0 Å². The first kappa shape index (κ1) is 21.8. The molecule has 0 bridgehead atoms. The third-order valence-corrected chi connectivity index (χ3v) is 5.98. The Kier molecular flexibility index (Phi) is 5.37. The van der Waals surface area contributed by atoms with Gasteiger partial charge in [-0.05, 0) is 35.9 Å². The van der Waals surface area contributed by atoms with Gasteiger partial charge in [0.15, 0.2) is 15.5 Å². The fourth-order valence-corrected chi connectivity index (χ4v) is 4.39. The van der Waals surface area contributed by atoms with Crippen LogP contribution in [-0.4, -0.2) is 24.5 Å². The van der Waals surface area contributed by atoms with Crippen LogP contribution in [-0.2, 0) is 16.0 Å². The highest BCUT2D eigenvalue weighted by atomic mass is 32.2. The molecule has 0 saturated carbocycles. The third-order valence-electron chi connectivity index (χ3n) is 4.83. The second-order valence-corrected chi connectivity index (χ2v) is 9.08. The number of alkyl halides is 3. The lowest BCUT2D eigenvalue weighted by Gasteiger charge is -2.14. The van der Waals surface area contributed by atoms with Crippen molar-refractivity contribution in [1.29, 1.82) is 0 Å². The number of hydrogen-bond donors (Lipinski definition) is 0. The van der Waals surface area contributed by atoms with E-state index in [-0.39, 0.29) is 27.3 Å². The Morgan fingerprint density at radius 3 is 2.03 bits per heavy atom. The average Bonchev–Trinajstić information content (AvgIpc) is 3.15. The number of rotatable bonds is 4. The van der Waals surface area contributed by atoms with E-state index in [0.29, 0.717) is 5.69 Å². The Labute approximate surface area is 181 Å². The zero-order chi connectivity index (χ0) is 23.1. The molecular formula is C23H16F4N2O2S. The van der Waals surface area contributed by atoms with Gasteiger partial charge in [0, 0.05) is 17.4 Å². The molecule has 0 unspecified atom stereocenters. The summed E-state index contributed by atoms with van der Waals surface area (Å²) in [4.78, 5) is -0.144. The van der Waals surface area contributed by atoms with E-state index in [1.165, 1.54) is 36.4 Å². The van der Waals surface area contributed by atoms with Gasteiger partial charge in [-0.3, -0.25) is 0 Å². The van der Waals surface area contributed by atoms with Gasteiger partial charge in [-0.1, -0.05) is 48.5 Å². The Bertz CT molecular complexity index is 1380. The molecule has 0 saturated heterocycles. The van der Waals surface area contributed by atoms with Crippen molar-refractivity contribution in [3.05, 3.63) is 90.4 Å². The molecule has 32 heavy (non-hydrogen) atoms. The molecule has 9 heteroatoms. The average molecular weight is 460 g/mol. The molecule has 1 heterocycles. The van der Waals surface area contributed by atoms with E-state index < -0.39 is 27.5 Å². The molecule has 0 radical (unpaired) electrons. The van der Waals surface area contributed by atoms with E-state index in [1.54, 1.807) is 30.3 Å². The monoisotopic (exact) mass is 460 g/mol. The summed E-state index contributed by atoms with van der Waals surface area (Å²) in [5, 5.41) is 3.85. The van der Waals surface area contributed by atoms with Crippen molar-refractivity contribution in [3.63, 3.8) is 0 Å². The van der Waals surface area contributed by atoms with E-state index in [1.807, 2.05) is 0 Å². The van der Waals surface area contributed by atoms with Crippen LogP contribution in [0.1, 0.15) is 5.69 Å². The van der Waals surface area contributed by atoms with Crippen molar-refractivity contribution < 1.29 is 26.0 Å². The summed E-state index contributed by atoms with van der Waals surface area (Å²) in [6.07, 6.45) is -3.87. The van der Waals surface area contributed by atoms with Gasteiger partial charge in [-0.15, -0.1) is 0 Å². The van der Waals surface area contributed by atoms with Gasteiger partial charge < -0.3 is 0 Å². The first-order valence-electron chi connectivity index (χ1n) is 9.38. The number of halogens is 4. The Morgan fingerprint density at radius 2 is 1.44 bits per heavy atom. The normalized spacial score (nSPS) is 12.2. The predicted molar refractivity (Wildman–Crippen MR) is 113 cm³/mol. The number of hydrogen-bond acceptors (Lipinski definition) is 3. The van der Waals surface area contributed by atoms with E-state index in [0.717, 1.165) is 23.1 Å². The smallest absolute Gasteiger partial charge is 0.232 e. The third kappa shape index (κ3) is 4.03. The van der Waals surface area contributed by atoms with Crippen molar-refractivity contribution in [3.8, 4) is 28.1 Å². The zero-order valence-electron chi connectivity index (χ0n) is 16.6. The maximum atomic E-state index is 14.1. The van der Waals surface area contributed by atoms with Gasteiger partial charge >= 0.3 is 6.18 Å². The molecule has 4 nitrogen and oxygen atoms in total. The molecule has 4 aromatic rings. The molecule has 0 aliphatic carbocycles. The van der Waals surface area contributed by atoms with Crippen LogP contribution >= 0.6 is 0 Å². The van der Waals surface area contributed by atoms with Crippen molar-refractivity contribution in [2.75, 3.05) is 6.26 Å². The highest BCUT2D eigenvalue weighted by molar-refractivity contribution is 7.90. The van der Waals surface area contributed by atoms with E-state index in [2.05, 4.69) is 5.10 Å². The molecule has 3 aromatic carbocycles. The number of nitrogens with zero attached hydrogens (tertiary/aromatic N) is 2. The Morgan fingerprint density at radius 1 is 0.844 bits per heavy atom. The van der Waals surface area contributed by atoms with Crippen LogP contribution in [0.2, 0.25) is 0 Å². The molecule has 0 aliphatic heterocycles. The molecule has 1 aromatic heterocycles. The van der Waals surface area contributed by atoms with Gasteiger partial charge in [0.2, 0.25) is 0 Å². The summed E-state index contributed by atoms with van der Waals surface area (Å²) < 4.78 is 81.9. The maximum Gasteiger partial charge on any atom is 0.435 e. The number of aromatic nitrogens is 2. The van der Waals surface area contributed by atoms with Crippen LogP contribution in [0.15, 0.2) is 83.8 Å². The SMILES string of the molecule is CS(=O)(=O)c1ccccc1-c1c(-c2ccc(F)cc2)c(C(F)(F)F)nn1-c1ccccc1. The molecule has 0 atom stereocenters. The minimum absolute atomic E-state index is 0.0548. The molecule has 0 fully saturated rings. The van der Waals surface area contributed by atoms with Crippen molar-refractivity contribution in [2.24, 2.45) is 0 Å². The molecule has 0 aliphatic rings. The highest BCUT2D eigenvalue weighted by Crippen LogP contribution is 2.44. The van der Waals surface area contributed by atoms with Crippen LogP contribution in [0.5, 0.6) is 0 Å². The van der Waals surface area contributed by atoms with Crippen molar-refractivity contribution in [2.45, 2.75) is 11.1 Å². The largest absolute Gasteiger partial charge is 0.435 e. The summed E-state index contributed by atoms with van der Waals surface area (Å²) in [5.74, 6) is -0.615. The summed E-state index contributed by atoms with van der Waals surface area (Å²) in [6, 6.07) is 18.4. The van der Waals surface area contributed by atoms with Gasteiger partial charge in [0.05, 0.1) is 16.3 Å². The van der Waals surface area contributed by atoms with Crippen LogP contribution in [0, 0.1) is 5.82 Å². The fraction of sp³-hybridized carbons (Fsp3) is 0.0870. The lowest BCUT2D eigenvalue weighted by Crippen LogP contribution is -2.08. The number of benzene rings is 3. The summed E-state index contributed by atoms with van der Waals surface area (Å²) in [5.41, 5.74) is -1.18. The van der Waals surface area contributed by atoms with Crippen LogP contribution in [0.4, 0.5) is 17.6 Å². The Hall–Kier alpha value is -3.46. The predicted octanol–water partition coefficient (Wildman–Crippen LogP) is 5.77. The summed E-state index contributed by atoms with van der Waals surface area (Å²) in [6.45, 7) is 0. The van der Waals surface area contributed by atoms with Crippen LogP contribution in [0.3, 0.4) is 0 Å². The minimum atomic E-state index is -4.85. The standard InChI is InChI=1S/C23H16F4N2O2S/c1-32(30,31)19-10-6-5-9-18(19)21-20(15-11-13-16(24)14-12-15)22(23(25,26)27)28-29(21)17-7-3-2-4-8-17/h2-14H,1H3. The molecule has 0 amide bonds. The maximum absolute atomic E-state index is 14.1. The second kappa shape index (κ2) is 7.90. The molecule has 4 rings (SSSR count).